The number of rotatable bonds is 3. The molecule has 1 aromatic rings. The Morgan fingerprint density at radius 2 is 2.33 bits per heavy atom. The average molecular weight is 226 g/mol. The number of carbonyl (C=O) groups excluding carboxylic acids is 1. The lowest BCUT2D eigenvalue weighted by Gasteiger charge is -2.09. The van der Waals surface area contributed by atoms with Crippen LogP contribution in [-0.4, -0.2) is 23.9 Å². The van der Waals surface area contributed by atoms with Gasteiger partial charge in [-0.1, -0.05) is 0 Å². The fourth-order valence-corrected chi connectivity index (χ4v) is 1.35. The minimum atomic E-state index is -0.457. The number of ketones is 1. The maximum atomic E-state index is 11.5. The van der Waals surface area contributed by atoms with Crippen LogP contribution in [0.1, 0.15) is 15.9 Å². The number of nitriles is 1. The number of nitrogens with zero attached hydrogens (tertiary/aromatic N) is 1. The van der Waals surface area contributed by atoms with Gasteiger partial charge in [0.1, 0.15) is 6.07 Å². The van der Waals surface area contributed by atoms with Crippen molar-refractivity contribution in [2.75, 3.05) is 13.0 Å². The van der Waals surface area contributed by atoms with Gasteiger partial charge in [0, 0.05) is 0 Å². The minimum Gasteiger partial charge on any atom is -0.504 e. The summed E-state index contributed by atoms with van der Waals surface area (Å²) in [5.41, 5.74) is 0.158. The Balaban J connectivity index is 3.49. The van der Waals surface area contributed by atoms with Gasteiger partial charge in [-0.2, -0.15) is 5.26 Å². The summed E-state index contributed by atoms with van der Waals surface area (Å²) in [5, 5.41) is 18.2. The Morgan fingerprint density at radius 1 is 1.67 bits per heavy atom. The molecule has 0 aliphatic carbocycles. The largest absolute Gasteiger partial charge is 0.504 e. The van der Waals surface area contributed by atoms with E-state index in [9.17, 15) is 9.90 Å². The van der Waals surface area contributed by atoms with Crippen molar-refractivity contribution in [3.63, 3.8) is 0 Å². The SMILES string of the molecule is COc1c(O)ccc(C#N)c1C(=O)CCl. The Morgan fingerprint density at radius 3 is 2.80 bits per heavy atom. The number of alkyl halides is 1. The number of carbonyl (C=O) groups is 1. The molecule has 1 aromatic carbocycles. The van der Waals surface area contributed by atoms with Gasteiger partial charge in [-0.3, -0.25) is 4.79 Å². The van der Waals surface area contributed by atoms with Crippen molar-refractivity contribution in [3.05, 3.63) is 23.3 Å². The molecule has 0 amide bonds. The van der Waals surface area contributed by atoms with Crippen LogP contribution in [0.5, 0.6) is 11.5 Å². The van der Waals surface area contributed by atoms with Gasteiger partial charge in [0.05, 0.1) is 24.1 Å². The third kappa shape index (κ3) is 2.03. The molecule has 15 heavy (non-hydrogen) atoms. The summed E-state index contributed by atoms with van der Waals surface area (Å²) in [6.45, 7) is 0. The first-order valence-electron chi connectivity index (χ1n) is 4.05. The predicted octanol–water partition coefficient (Wildman–Crippen LogP) is 1.69. The van der Waals surface area contributed by atoms with E-state index in [-0.39, 0.29) is 28.5 Å². The number of phenolic OH excluding ortho intramolecular Hbond substituents is 1. The van der Waals surface area contributed by atoms with Crippen LogP contribution in [-0.2, 0) is 0 Å². The smallest absolute Gasteiger partial charge is 0.182 e. The summed E-state index contributed by atoms with van der Waals surface area (Å²) < 4.78 is 4.86. The van der Waals surface area contributed by atoms with Crippen LogP contribution >= 0.6 is 11.6 Å². The molecule has 0 unspecified atom stereocenters. The number of benzene rings is 1. The van der Waals surface area contributed by atoms with Gasteiger partial charge in [-0.15, -0.1) is 11.6 Å². The van der Waals surface area contributed by atoms with Gasteiger partial charge in [0.25, 0.3) is 0 Å². The summed E-state index contributed by atoms with van der Waals surface area (Å²) in [5.74, 6) is -0.931. The Kier molecular flexibility index (Phi) is 3.53. The predicted molar refractivity (Wildman–Crippen MR) is 54.4 cm³/mol. The Labute approximate surface area is 91.7 Å². The lowest BCUT2D eigenvalue weighted by Crippen LogP contribution is -2.06. The van der Waals surface area contributed by atoms with Crippen LogP contribution in [0.25, 0.3) is 0 Å². The molecule has 0 bridgehead atoms. The minimum absolute atomic E-state index is 0.0142. The standard InChI is InChI=1S/C10H8ClNO3/c1-15-10-7(13)3-2-6(5-12)9(10)8(14)4-11/h2-3,13H,4H2,1H3. The average Bonchev–Trinajstić information content (AvgIpc) is 2.27. The van der Waals surface area contributed by atoms with Crippen molar-refractivity contribution >= 4 is 17.4 Å². The van der Waals surface area contributed by atoms with E-state index in [0.717, 1.165) is 0 Å². The molecule has 0 spiro atoms. The Bertz CT molecular complexity index is 437. The van der Waals surface area contributed by atoms with Crippen LogP contribution in [0.15, 0.2) is 12.1 Å². The fraction of sp³-hybridized carbons (Fsp3) is 0.200. The molecule has 0 saturated heterocycles. The molecule has 4 nitrogen and oxygen atoms in total. The van der Waals surface area contributed by atoms with Crippen LogP contribution in [0.3, 0.4) is 0 Å². The molecule has 0 aromatic heterocycles. The Hall–Kier alpha value is -1.73. The zero-order valence-electron chi connectivity index (χ0n) is 7.95. The third-order valence-electron chi connectivity index (χ3n) is 1.86. The van der Waals surface area contributed by atoms with E-state index >= 15 is 0 Å². The zero-order chi connectivity index (χ0) is 11.4. The van der Waals surface area contributed by atoms with Crippen LogP contribution in [0.2, 0.25) is 0 Å². The number of methoxy groups -OCH3 is 1. The molecule has 0 radical (unpaired) electrons. The highest BCUT2D eigenvalue weighted by Crippen LogP contribution is 2.32. The molecule has 1 rings (SSSR count). The molecule has 0 atom stereocenters. The van der Waals surface area contributed by atoms with Crippen molar-refractivity contribution < 1.29 is 14.6 Å². The highest BCUT2D eigenvalue weighted by atomic mass is 35.5. The highest BCUT2D eigenvalue weighted by Gasteiger charge is 2.19. The van der Waals surface area contributed by atoms with Crippen molar-refractivity contribution in [2.24, 2.45) is 0 Å². The number of ether oxygens (including phenoxy) is 1. The maximum absolute atomic E-state index is 11.5. The lowest BCUT2D eigenvalue weighted by molar-refractivity contribution is 0.101. The van der Waals surface area contributed by atoms with Gasteiger partial charge in [-0.05, 0) is 12.1 Å². The fourth-order valence-electron chi connectivity index (χ4n) is 1.22. The van der Waals surface area contributed by atoms with Crippen molar-refractivity contribution in [3.8, 4) is 17.6 Å². The molecule has 0 saturated carbocycles. The van der Waals surface area contributed by atoms with Crippen LogP contribution in [0, 0.1) is 11.3 Å². The number of hydrogen-bond donors (Lipinski definition) is 1. The molecular formula is C10H8ClNO3. The second kappa shape index (κ2) is 4.67. The summed E-state index contributed by atoms with van der Waals surface area (Å²) in [6, 6.07) is 4.48. The normalized spacial score (nSPS) is 9.40. The van der Waals surface area contributed by atoms with E-state index < -0.39 is 5.78 Å². The molecule has 0 aliphatic heterocycles. The van der Waals surface area contributed by atoms with Gasteiger partial charge in [0.15, 0.2) is 17.3 Å². The first-order valence-corrected chi connectivity index (χ1v) is 4.58. The van der Waals surface area contributed by atoms with Crippen molar-refractivity contribution in [1.82, 2.24) is 0 Å². The molecule has 1 N–H and O–H groups in total. The van der Waals surface area contributed by atoms with Gasteiger partial charge in [-0.25, -0.2) is 0 Å². The molecular weight excluding hydrogens is 218 g/mol. The zero-order valence-corrected chi connectivity index (χ0v) is 8.71. The number of Topliss-reactive ketones (excluding diaryl/α,β-unsaturated/α-hetero) is 1. The second-order valence-electron chi connectivity index (χ2n) is 2.71. The van der Waals surface area contributed by atoms with Crippen LogP contribution < -0.4 is 4.74 Å². The first kappa shape index (κ1) is 11.3. The topological polar surface area (TPSA) is 70.3 Å². The quantitative estimate of drug-likeness (QED) is 0.628. The number of hydrogen-bond acceptors (Lipinski definition) is 4. The van der Waals surface area contributed by atoms with Gasteiger partial charge < -0.3 is 9.84 Å². The monoisotopic (exact) mass is 225 g/mol. The van der Waals surface area contributed by atoms with E-state index in [2.05, 4.69) is 0 Å². The third-order valence-corrected chi connectivity index (χ3v) is 2.10. The van der Waals surface area contributed by atoms with Gasteiger partial charge in [0.2, 0.25) is 0 Å². The summed E-state index contributed by atoms with van der Waals surface area (Å²) >= 11 is 5.40. The lowest BCUT2D eigenvalue weighted by atomic mass is 10.0. The second-order valence-corrected chi connectivity index (χ2v) is 2.98. The van der Waals surface area contributed by atoms with Crippen LogP contribution in [0.4, 0.5) is 0 Å². The van der Waals surface area contributed by atoms with Crippen molar-refractivity contribution in [1.29, 1.82) is 5.26 Å². The molecule has 0 aliphatic rings. The van der Waals surface area contributed by atoms with Gasteiger partial charge >= 0.3 is 0 Å². The highest BCUT2D eigenvalue weighted by molar-refractivity contribution is 6.31. The molecule has 5 heteroatoms. The van der Waals surface area contributed by atoms with E-state index in [1.165, 1.54) is 19.2 Å². The number of phenols is 1. The summed E-state index contributed by atoms with van der Waals surface area (Å²) in [4.78, 5) is 11.5. The van der Waals surface area contributed by atoms with E-state index in [1.54, 1.807) is 0 Å². The summed E-state index contributed by atoms with van der Waals surface area (Å²) in [7, 11) is 1.31. The summed E-state index contributed by atoms with van der Waals surface area (Å²) in [6.07, 6.45) is 0. The molecule has 78 valence electrons. The maximum Gasteiger partial charge on any atom is 0.182 e. The molecule has 0 heterocycles. The van der Waals surface area contributed by atoms with E-state index in [4.69, 9.17) is 21.6 Å². The van der Waals surface area contributed by atoms with Crippen molar-refractivity contribution in [2.45, 2.75) is 0 Å². The molecule has 0 fully saturated rings. The number of aromatic hydroxyl groups is 1. The van der Waals surface area contributed by atoms with E-state index in [0.29, 0.717) is 0 Å². The van der Waals surface area contributed by atoms with E-state index in [1.807, 2.05) is 6.07 Å². The first-order chi connectivity index (χ1) is 7.15. The number of halogens is 1.